The smallest absolute Gasteiger partial charge is 0.00142 e. The minimum atomic E-state index is 0.852. The van der Waals surface area contributed by atoms with Crippen molar-refractivity contribution in [1.82, 2.24) is 0 Å². The van der Waals surface area contributed by atoms with Crippen LogP contribution in [0, 0.1) is 41.4 Å². The molecule has 7 unspecified atom stereocenters. The molecule has 0 aliphatic heterocycles. The van der Waals surface area contributed by atoms with Gasteiger partial charge in [0.2, 0.25) is 0 Å². The Kier molecular flexibility index (Phi) is 1.08. The summed E-state index contributed by atoms with van der Waals surface area (Å²) in [5.74, 6) is 6.53. The monoisotopic (exact) mass is 196 g/mol. The van der Waals surface area contributed by atoms with Crippen LogP contribution in [0.1, 0.15) is 12.8 Å². The van der Waals surface area contributed by atoms with E-state index in [1.165, 1.54) is 12.8 Å². The summed E-state index contributed by atoms with van der Waals surface area (Å²) in [6.45, 7) is 0. The molecule has 0 amide bonds. The maximum Gasteiger partial charge on any atom is -0.00142 e. The highest BCUT2D eigenvalue weighted by Gasteiger charge is 2.57. The van der Waals surface area contributed by atoms with Gasteiger partial charge in [-0.1, -0.05) is 36.0 Å². The maximum atomic E-state index is 2.69. The maximum absolute atomic E-state index is 2.69. The molecule has 4 bridgehead atoms. The molecule has 0 heteroatoms. The predicted octanol–water partition coefficient (Wildman–Crippen LogP) is 3.19. The summed E-state index contributed by atoms with van der Waals surface area (Å²) in [6, 6.07) is 0. The van der Waals surface area contributed by atoms with Gasteiger partial charge in [-0.05, 0) is 54.3 Å². The second kappa shape index (κ2) is 2.16. The number of fused-ring (bicyclic) bond motifs is 11. The van der Waals surface area contributed by atoms with Gasteiger partial charge in [0, 0.05) is 0 Å². The highest BCUT2D eigenvalue weighted by molar-refractivity contribution is 5.39. The first-order valence-corrected chi connectivity index (χ1v) is 6.50. The average Bonchev–Trinajstić information content (AvgIpc) is 3.02. The Morgan fingerprint density at radius 2 is 1.73 bits per heavy atom. The fourth-order valence-electron chi connectivity index (χ4n) is 5.34. The SMILES string of the molecule is C1=CC2CC1C1=CC3C4C=CC(C4)C3C12. The van der Waals surface area contributed by atoms with Gasteiger partial charge in [-0.2, -0.15) is 0 Å². The minimum Gasteiger partial charge on any atom is -0.0848 e. The van der Waals surface area contributed by atoms with Crippen LogP contribution in [-0.2, 0) is 0 Å². The highest BCUT2D eigenvalue weighted by Crippen LogP contribution is 2.64. The number of hydrogen-bond donors (Lipinski definition) is 0. The van der Waals surface area contributed by atoms with Crippen LogP contribution in [0.15, 0.2) is 36.0 Å². The van der Waals surface area contributed by atoms with E-state index < -0.39 is 0 Å². The summed E-state index contributed by atoms with van der Waals surface area (Å²) in [5.41, 5.74) is 1.84. The van der Waals surface area contributed by atoms with E-state index in [4.69, 9.17) is 0 Å². The van der Waals surface area contributed by atoms with Crippen LogP contribution in [0.25, 0.3) is 0 Å². The van der Waals surface area contributed by atoms with Gasteiger partial charge in [0.05, 0.1) is 0 Å². The lowest BCUT2D eigenvalue weighted by molar-refractivity contribution is 0.270. The number of rotatable bonds is 0. The van der Waals surface area contributed by atoms with Gasteiger partial charge in [-0.3, -0.25) is 0 Å². The molecule has 0 radical (unpaired) electrons. The summed E-state index contributed by atoms with van der Waals surface area (Å²) in [5, 5.41) is 0. The number of hydrogen-bond acceptors (Lipinski definition) is 0. The first kappa shape index (κ1) is 7.49. The molecule has 0 N–H and O–H groups in total. The molecule has 5 rings (SSSR count). The van der Waals surface area contributed by atoms with Gasteiger partial charge < -0.3 is 0 Å². The van der Waals surface area contributed by atoms with Crippen LogP contribution >= 0.6 is 0 Å². The molecule has 2 saturated carbocycles. The van der Waals surface area contributed by atoms with Crippen LogP contribution < -0.4 is 0 Å². The van der Waals surface area contributed by atoms with Crippen molar-refractivity contribution in [2.24, 2.45) is 41.4 Å². The Morgan fingerprint density at radius 3 is 2.73 bits per heavy atom. The molecule has 0 heterocycles. The second-order valence-electron chi connectivity index (χ2n) is 6.19. The fraction of sp³-hybridized carbons (Fsp3) is 0.600. The van der Waals surface area contributed by atoms with E-state index >= 15 is 0 Å². The third kappa shape index (κ3) is 0.687. The molecule has 0 saturated heterocycles. The Hall–Kier alpha value is -0.780. The molecule has 0 aromatic heterocycles. The fourth-order valence-corrected chi connectivity index (χ4v) is 5.34. The van der Waals surface area contributed by atoms with Gasteiger partial charge in [-0.25, -0.2) is 0 Å². The average molecular weight is 196 g/mol. The zero-order valence-corrected chi connectivity index (χ0v) is 8.84. The molecule has 15 heavy (non-hydrogen) atoms. The molecule has 2 fully saturated rings. The summed E-state index contributed by atoms with van der Waals surface area (Å²) in [4.78, 5) is 0. The lowest BCUT2D eigenvalue weighted by Gasteiger charge is -2.29. The van der Waals surface area contributed by atoms with Crippen molar-refractivity contribution in [3.63, 3.8) is 0 Å². The van der Waals surface area contributed by atoms with Gasteiger partial charge in [0.25, 0.3) is 0 Å². The summed E-state index contributed by atoms with van der Waals surface area (Å²) in [7, 11) is 0. The molecule has 5 aliphatic carbocycles. The standard InChI is InChI=1S/C15H16/c1-3-10-5-8(1)12-7-13-9-2-4-11(6-9)15(13)14(10)12/h1-4,7-12,14-15H,5-6H2. The van der Waals surface area contributed by atoms with Gasteiger partial charge in [0.15, 0.2) is 0 Å². The summed E-state index contributed by atoms with van der Waals surface area (Å²) in [6.07, 6.45) is 15.6. The quantitative estimate of drug-likeness (QED) is 0.522. The van der Waals surface area contributed by atoms with E-state index in [-0.39, 0.29) is 0 Å². The Balaban J connectivity index is 1.67. The zero-order chi connectivity index (χ0) is 9.57. The van der Waals surface area contributed by atoms with E-state index in [1.807, 2.05) is 5.57 Å². The first-order valence-electron chi connectivity index (χ1n) is 6.50. The van der Waals surface area contributed by atoms with Crippen LogP contribution in [0.4, 0.5) is 0 Å². The summed E-state index contributed by atoms with van der Waals surface area (Å²) >= 11 is 0. The van der Waals surface area contributed by atoms with Crippen LogP contribution in [0.3, 0.4) is 0 Å². The van der Waals surface area contributed by atoms with E-state index in [0.29, 0.717) is 0 Å². The Bertz CT molecular complexity index is 425. The van der Waals surface area contributed by atoms with E-state index in [9.17, 15) is 0 Å². The van der Waals surface area contributed by atoms with Crippen molar-refractivity contribution in [2.45, 2.75) is 12.8 Å². The van der Waals surface area contributed by atoms with Crippen LogP contribution in [-0.4, -0.2) is 0 Å². The van der Waals surface area contributed by atoms with Crippen LogP contribution in [0.5, 0.6) is 0 Å². The summed E-state index contributed by atoms with van der Waals surface area (Å²) < 4.78 is 0. The largest absolute Gasteiger partial charge is 0.0848 e. The van der Waals surface area contributed by atoms with E-state index in [2.05, 4.69) is 30.4 Å². The third-order valence-electron chi connectivity index (χ3n) is 5.77. The first-order chi connectivity index (χ1) is 7.42. The van der Waals surface area contributed by atoms with Crippen molar-refractivity contribution in [1.29, 1.82) is 0 Å². The van der Waals surface area contributed by atoms with E-state index in [1.54, 1.807) is 0 Å². The lowest BCUT2D eigenvalue weighted by atomic mass is 9.75. The molecular formula is C15H16. The molecule has 0 spiro atoms. The molecule has 0 nitrogen and oxygen atoms in total. The van der Waals surface area contributed by atoms with Gasteiger partial charge in [-0.15, -0.1) is 0 Å². The molecule has 0 aromatic carbocycles. The second-order valence-corrected chi connectivity index (χ2v) is 6.19. The molecule has 5 aliphatic rings. The molecule has 76 valence electrons. The van der Waals surface area contributed by atoms with Crippen molar-refractivity contribution in [3.8, 4) is 0 Å². The van der Waals surface area contributed by atoms with Crippen molar-refractivity contribution in [2.75, 3.05) is 0 Å². The van der Waals surface area contributed by atoms with Gasteiger partial charge >= 0.3 is 0 Å². The Labute approximate surface area is 90.8 Å². The third-order valence-corrected chi connectivity index (χ3v) is 5.77. The van der Waals surface area contributed by atoms with Crippen molar-refractivity contribution < 1.29 is 0 Å². The van der Waals surface area contributed by atoms with E-state index in [0.717, 1.165) is 41.4 Å². The topological polar surface area (TPSA) is 0 Å². The molecule has 0 aromatic rings. The zero-order valence-electron chi connectivity index (χ0n) is 8.84. The van der Waals surface area contributed by atoms with Gasteiger partial charge in [0.1, 0.15) is 0 Å². The minimum absolute atomic E-state index is 0.852. The lowest BCUT2D eigenvalue weighted by Crippen LogP contribution is -2.24. The molecular weight excluding hydrogens is 180 g/mol. The molecule has 7 atom stereocenters. The normalized spacial score (nSPS) is 61.3. The van der Waals surface area contributed by atoms with Crippen molar-refractivity contribution in [3.05, 3.63) is 36.0 Å². The number of allylic oxidation sites excluding steroid dienone is 6. The van der Waals surface area contributed by atoms with Crippen molar-refractivity contribution >= 4 is 0 Å². The predicted molar refractivity (Wildman–Crippen MR) is 60.0 cm³/mol. The Morgan fingerprint density at radius 1 is 0.867 bits per heavy atom. The highest BCUT2D eigenvalue weighted by atomic mass is 14.6. The van der Waals surface area contributed by atoms with Crippen LogP contribution in [0.2, 0.25) is 0 Å².